The number of furan rings is 1. The van der Waals surface area contributed by atoms with Crippen molar-refractivity contribution in [2.24, 2.45) is 0 Å². The van der Waals surface area contributed by atoms with Crippen LogP contribution < -0.4 is 0 Å². The van der Waals surface area contributed by atoms with Gasteiger partial charge in [-0.25, -0.2) is 0 Å². The highest BCUT2D eigenvalue weighted by Gasteiger charge is 2.07. The molecule has 0 unspecified atom stereocenters. The maximum atomic E-state index is 11.9. The Labute approximate surface area is 111 Å². The first kappa shape index (κ1) is 12.7. The maximum Gasteiger partial charge on any atom is 0.221 e. The number of ketones is 1. The molecule has 1 aromatic heterocycles. The number of allylic oxidation sites excluding steroid dienone is 2. The Balaban J connectivity index is 2.11. The topological polar surface area (TPSA) is 30.2 Å². The fraction of sp³-hybridized carbons (Fsp3) is 0.133. The van der Waals surface area contributed by atoms with Crippen molar-refractivity contribution in [2.75, 3.05) is 6.26 Å². The lowest BCUT2D eigenvalue weighted by Crippen LogP contribution is -1.95. The van der Waals surface area contributed by atoms with Crippen molar-refractivity contribution in [3.8, 4) is 0 Å². The summed E-state index contributed by atoms with van der Waals surface area (Å²) in [5.74, 6) is 0.301. The van der Waals surface area contributed by atoms with Crippen LogP contribution in [0.15, 0.2) is 64.1 Å². The quantitative estimate of drug-likeness (QED) is 0.601. The van der Waals surface area contributed by atoms with Crippen molar-refractivity contribution in [2.45, 2.75) is 6.42 Å². The van der Waals surface area contributed by atoms with E-state index in [0.717, 1.165) is 11.3 Å². The zero-order valence-electron chi connectivity index (χ0n) is 10.1. The summed E-state index contributed by atoms with van der Waals surface area (Å²) in [6, 6.07) is 13.5. The Kier molecular flexibility index (Phi) is 4.42. The Morgan fingerprint density at radius 2 is 2.00 bits per heavy atom. The summed E-state index contributed by atoms with van der Waals surface area (Å²) >= 11 is 1.59. The van der Waals surface area contributed by atoms with Crippen LogP contribution in [0.4, 0.5) is 0 Å². The highest BCUT2D eigenvalue weighted by Crippen LogP contribution is 2.19. The van der Waals surface area contributed by atoms with E-state index < -0.39 is 0 Å². The second-order valence-corrected chi connectivity index (χ2v) is 4.75. The van der Waals surface area contributed by atoms with Crippen molar-refractivity contribution in [1.82, 2.24) is 0 Å². The molecule has 0 saturated carbocycles. The van der Waals surface area contributed by atoms with Crippen LogP contribution in [-0.2, 0) is 6.42 Å². The van der Waals surface area contributed by atoms with E-state index in [1.807, 2.05) is 24.5 Å². The van der Waals surface area contributed by atoms with Gasteiger partial charge < -0.3 is 4.42 Å². The van der Waals surface area contributed by atoms with E-state index in [9.17, 15) is 4.79 Å². The van der Waals surface area contributed by atoms with Crippen LogP contribution in [0.3, 0.4) is 0 Å². The second kappa shape index (κ2) is 6.26. The number of carbonyl (C=O) groups is 1. The van der Waals surface area contributed by atoms with Crippen molar-refractivity contribution in [3.05, 3.63) is 71.0 Å². The molecule has 0 radical (unpaired) electrons. The summed E-state index contributed by atoms with van der Waals surface area (Å²) in [6.45, 7) is 0. The van der Waals surface area contributed by atoms with Gasteiger partial charge in [0.15, 0.2) is 5.76 Å². The smallest absolute Gasteiger partial charge is 0.221 e. The van der Waals surface area contributed by atoms with Gasteiger partial charge in [-0.2, -0.15) is 0 Å². The molecular weight excluding hydrogens is 244 g/mol. The van der Waals surface area contributed by atoms with Crippen LogP contribution in [0, 0.1) is 0 Å². The van der Waals surface area contributed by atoms with Gasteiger partial charge >= 0.3 is 0 Å². The molecule has 0 fully saturated rings. The van der Waals surface area contributed by atoms with E-state index in [-0.39, 0.29) is 5.78 Å². The largest absolute Gasteiger partial charge is 0.461 e. The van der Waals surface area contributed by atoms with E-state index in [1.54, 1.807) is 30.0 Å². The van der Waals surface area contributed by atoms with Crippen molar-refractivity contribution in [3.63, 3.8) is 0 Å². The van der Waals surface area contributed by atoms with Gasteiger partial charge in [0.1, 0.15) is 0 Å². The van der Waals surface area contributed by atoms with Crippen molar-refractivity contribution in [1.29, 1.82) is 0 Å². The first-order valence-electron chi connectivity index (χ1n) is 5.66. The summed E-state index contributed by atoms with van der Waals surface area (Å²) in [5, 5.41) is 0. The molecule has 0 bridgehead atoms. The highest BCUT2D eigenvalue weighted by atomic mass is 32.2. The molecule has 0 aliphatic rings. The van der Waals surface area contributed by atoms with E-state index in [0.29, 0.717) is 5.76 Å². The van der Waals surface area contributed by atoms with Gasteiger partial charge in [-0.1, -0.05) is 30.3 Å². The highest BCUT2D eigenvalue weighted by molar-refractivity contribution is 8.02. The summed E-state index contributed by atoms with van der Waals surface area (Å²) < 4.78 is 5.09. The molecule has 1 heterocycles. The minimum absolute atomic E-state index is 0.0831. The average molecular weight is 258 g/mol. The molecule has 18 heavy (non-hydrogen) atoms. The standard InChI is InChI=1S/C15H14O2S/c1-18-13(10-12-6-3-2-4-7-12)11-14(16)15-8-5-9-17-15/h2-9,11H,10H2,1H3/b13-11-. The molecule has 0 amide bonds. The van der Waals surface area contributed by atoms with Gasteiger partial charge in [0, 0.05) is 6.42 Å². The lowest BCUT2D eigenvalue weighted by molar-refractivity contribution is 0.102. The van der Waals surface area contributed by atoms with Gasteiger partial charge in [0.2, 0.25) is 5.78 Å². The van der Waals surface area contributed by atoms with Gasteiger partial charge in [0.05, 0.1) is 6.26 Å². The van der Waals surface area contributed by atoms with Crippen LogP contribution in [0.2, 0.25) is 0 Å². The Morgan fingerprint density at radius 1 is 1.22 bits per heavy atom. The monoisotopic (exact) mass is 258 g/mol. The molecule has 92 valence electrons. The van der Waals surface area contributed by atoms with Gasteiger partial charge in [-0.3, -0.25) is 4.79 Å². The van der Waals surface area contributed by atoms with Gasteiger partial charge in [0.25, 0.3) is 0 Å². The van der Waals surface area contributed by atoms with Crippen molar-refractivity contribution >= 4 is 17.5 Å². The Hall–Kier alpha value is -1.74. The van der Waals surface area contributed by atoms with Crippen LogP contribution >= 0.6 is 11.8 Å². The SMILES string of the molecule is CS/C(=C\C(=O)c1ccco1)Cc1ccccc1. The van der Waals surface area contributed by atoms with E-state index in [2.05, 4.69) is 12.1 Å². The van der Waals surface area contributed by atoms with Crippen LogP contribution in [0.25, 0.3) is 0 Å². The van der Waals surface area contributed by atoms with Crippen LogP contribution in [0.5, 0.6) is 0 Å². The molecule has 0 atom stereocenters. The van der Waals surface area contributed by atoms with Gasteiger partial charge in [-0.15, -0.1) is 11.8 Å². The molecular formula is C15H14O2S. The summed E-state index contributed by atoms with van der Waals surface area (Å²) in [5.41, 5.74) is 1.20. The molecule has 0 aliphatic heterocycles. The number of carbonyl (C=O) groups excluding carboxylic acids is 1. The summed E-state index contributed by atoms with van der Waals surface area (Å²) in [7, 11) is 0. The maximum absolute atomic E-state index is 11.9. The first-order valence-corrected chi connectivity index (χ1v) is 6.88. The molecule has 1 aromatic carbocycles. The number of rotatable bonds is 5. The van der Waals surface area contributed by atoms with Gasteiger partial charge in [-0.05, 0) is 34.9 Å². The fourth-order valence-corrected chi connectivity index (χ4v) is 2.15. The lowest BCUT2D eigenvalue weighted by Gasteiger charge is -2.03. The fourth-order valence-electron chi connectivity index (χ4n) is 1.62. The minimum Gasteiger partial charge on any atom is -0.461 e. The van der Waals surface area contributed by atoms with Crippen molar-refractivity contribution < 1.29 is 9.21 Å². The normalized spacial score (nSPS) is 11.5. The predicted octanol–water partition coefficient (Wildman–Crippen LogP) is 3.95. The first-order chi connectivity index (χ1) is 8.79. The van der Waals surface area contributed by atoms with E-state index in [4.69, 9.17) is 4.42 Å². The van der Waals surface area contributed by atoms with E-state index in [1.165, 1.54) is 11.8 Å². The zero-order valence-corrected chi connectivity index (χ0v) is 10.9. The van der Waals surface area contributed by atoms with Crippen LogP contribution in [0.1, 0.15) is 16.1 Å². The molecule has 2 nitrogen and oxygen atoms in total. The molecule has 0 saturated heterocycles. The lowest BCUT2D eigenvalue weighted by atomic mass is 10.1. The molecule has 0 spiro atoms. The van der Waals surface area contributed by atoms with Crippen LogP contribution in [-0.4, -0.2) is 12.0 Å². The predicted molar refractivity (Wildman–Crippen MR) is 74.8 cm³/mol. The number of hydrogen-bond acceptors (Lipinski definition) is 3. The third kappa shape index (κ3) is 3.37. The number of thioether (sulfide) groups is 1. The number of benzene rings is 1. The third-order valence-corrected chi connectivity index (χ3v) is 3.33. The number of hydrogen-bond donors (Lipinski definition) is 0. The summed E-state index contributed by atoms with van der Waals surface area (Å²) in [6.07, 6.45) is 5.91. The third-order valence-electron chi connectivity index (χ3n) is 2.54. The Morgan fingerprint density at radius 3 is 2.61 bits per heavy atom. The Bertz CT molecular complexity index is 527. The van der Waals surface area contributed by atoms with E-state index >= 15 is 0 Å². The molecule has 2 aromatic rings. The molecule has 2 rings (SSSR count). The minimum atomic E-state index is -0.0831. The summed E-state index contributed by atoms with van der Waals surface area (Å²) in [4.78, 5) is 12.9. The molecule has 0 N–H and O–H groups in total. The molecule has 0 aliphatic carbocycles. The average Bonchev–Trinajstić information content (AvgIpc) is 2.93. The second-order valence-electron chi connectivity index (χ2n) is 3.82. The zero-order chi connectivity index (χ0) is 12.8. The molecule has 3 heteroatoms.